The number of benzene rings is 1. The fraction of sp³-hybridized carbons (Fsp3) is 0.471. The fourth-order valence-electron chi connectivity index (χ4n) is 3.22. The topological polar surface area (TPSA) is 70.2 Å². The summed E-state index contributed by atoms with van der Waals surface area (Å²) in [6, 6.07) is 6.23. The average molecular weight is 366 g/mol. The predicted octanol–water partition coefficient (Wildman–Crippen LogP) is 1.75. The van der Waals surface area contributed by atoms with Gasteiger partial charge in [-0.2, -0.15) is 0 Å². The third-order valence-corrected chi connectivity index (χ3v) is 4.71. The normalized spacial score (nSPS) is 21.8. The summed E-state index contributed by atoms with van der Waals surface area (Å²) in [5.41, 5.74) is 0.496. The van der Waals surface area contributed by atoms with Crippen LogP contribution in [-0.4, -0.2) is 66.5 Å². The number of carbonyl (C=O) groups excluding carboxylic acids is 3. The van der Waals surface area contributed by atoms with Crippen molar-refractivity contribution in [1.29, 1.82) is 0 Å². The van der Waals surface area contributed by atoms with Gasteiger partial charge in [-0.05, 0) is 25.1 Å². The van der Waals surface area contributed by atoms with E-state index < -0.39 is 6.04 Å². The van der Waals surface area contributed by atoms with E-state index in [0.717, 1.165) is 0 Å². The Kier molecular flexibility index (Phi) is 5.24. The van der Waals surface area contributed by atoms with Crippen LogP contribution < -0.4 is 4.90 Å². The zero-order valence-electron chi connectivity index (χ0n) is 14.0. The van der Waals surface area contributed by atoms with Crippen LogP contribution in [0.2, 0.25) is 5.02 Å². The van der Waals surface area contributed by atoms with E-state index in [1.807, 2.05) is 4.90 Å². The van der Waals surface area contributed by atoms with Gasteiger partial charge in [-0.25, -0.2) is 9.69 Å². The van der Waals surface area contributed by atoms with Crippen molar-refractivity contribution in [2.24, 2.45) is 0 Å². The molecule has 2 aliphatic rings. The second kappa shape index (κ2) is 7.41. The smallest absolute Gasteiger partial charge is 0.409 e. The lowest BCUT2D eigenvalue weighted by atomic mass is 10.2. The molecule has 0 bridgehead atoms. The highest BCUT2D eigenvalue weighted by Crippen LogP contribution is 2.28. The van der Waals surface area contributed by atoms with Crippen LogP contribution in [0.4, 0.5) is 10.5 Å². The number of rotatable bonds is 3. The van der Waals surface area contributed by atoms with Crippen molar-refractivity contribution >= 4 is 35.2 Å². The van der Waals surface area contributed by atoms with E-state index in [9.17, 15) is 14.4 Å². The lowest BCUT2D eigenvalue weighted by Gasteiger charge is -2.36. The standard InChI is InChI=1S/C17H20ClN3O4/c1-2-25-17(24)20-8-6-19(7-9-20)14-11-15(22)21(16(14)23)13-5-3-4-12(18)10-13/h3-5,10,14H,2,6-9,11H2,1H3/t14-/m1/s1. The van der Waals surface area contributed by atoms with E-state index in [0.29, 0.717) is 43.5 Å². The van der Waals surface area contributed by atoms with Gasteiger partial charge >= 0.3 is 6.09 Å². The summed E-state index contributed by atoms with van der Waals surface area (Å²) in [6.45, 7) is 4.13. The monoisotopic (exact) mass is 365 g/mol. The van der Waals surface area contributed by atoms with Crippen molar-refractivity contribution in [3.05, 3.63) is 29.3 Å². The first kappa shape index (κ1) is 17.7. The molecule has 1 aromatic rings. The number of halogens is 1. The van der Waals surface area contributed by atoms with Gasteiger partial charge in [-0.1, -0.05) is 17.7 Å². The van der Waals surface area contributed by atoms with Gasteiger partial charge in [-0.15, -0.1) is 0 Å². The molecule has 0 aromatic heterocycles. The number of amides is 3. The molecule has 0 unspecified atom stereocenters. The molecular weight excluding hydrogens is 346 g/mol. The summed E-state index contributed by atoms with van der Waals surface area (Å²) in [5.74, 6) is -0.470. The summed E-state index contributed by atoms with van der Waals surface area (Å²) >= 11 is 5.97. The molecule has 1 aromatic carbocycles. The molecule has 2 aliphatic heterocycles. The van der Waals surface area contributed by atoms with Crippen molar-refractivity contribution in [2.45, 2.75) is 19.4 Å². The fourth-order valence-corrected chi connectivity index (χ4v) is 3.40. The molecule has 7 nitrogen and oxygen atoms in total. The van der Waals surface area contributed by atoms with Gasteiger partial charge in [0, 0.05) is 31.2 Å². The van der Waals surface area contributed by atoms with Crippen LogP contribution in [0.15, 0.2) is 24.3 Å². The molecule has 0 N–H and O–H groups in total. The number of carbonyl (C=O) groups is 3. The second-order valence-electron chi connectivity index (χ2n) is 5.99. The molecule has 0 spiro atoms. The molecule has 134 valence electrons. The van der Waals surface area contributed by atoms with Crippen molar-refractivity contribution < 1.29 is 19.1 Å². The molecule has 2 heterocycles. The Balaban J connectivity index is 1.66. The Hall–Kier alpha value is -2.12. The van der Waals surface area contributed by atoms with Crippen molar-refractivity contribution in [2.75, 3.05) is 37.7 Å². The van der Waals surface area contributed by atoms with Crippen LogP contribution >= 0.6 is 11.6 Å². The summed E-state index contributed by atoms with van der Waals surface area (Å²) in [6.07, 6.45) is -0.193. The highest BCUT2D eigenvalue weighted by atomic mass is 35.5. The number of ether oxygens (including phenoxy) is 1. The molecule has 2 fully saturated rings. The van der Waals surface area contributed by atoms with Gasteiger partial charge in [0.25, 0.3) is 5.91 Å². The van der Waals surface area contributed by atoms with E-state index in [1.165, 1.54) is 4.90 Å². The zero-order valence-corrected chi connectivity index (χ0v) is 14.7. The minimum absolute atomic E-state index is 0.144. The number of imide groups is 1. The number of piperazine rings is 1. The van der Waals surface area contributed by atoms with Gasteiger partial charge in [0.1, 0.15) is 0 Å². The number of anilines is 1. The lowest BCUT2D eigenvalue weighted by Crippen LogP contribution is -2.54. The highest BCUT2D eigenvalue weighted by Gasteiger charge is 2.43. The minimum Gasteiger partial charge on any atom is -0.450 e. The van der Waals surface area contributed by atoms with Crippen LogP contribution in [0.5, 0.6) is 0 Å². The molecule has 25 heavy (non-hydrogen) atoms. The number of nitrogens with zero attached hydrogens (tertiary/aromatic N) is 3. The third kappa shape index (κ3) is 3.62. The van der Waals surface area contributed by atoms with E-state index in [2.05, 4.69) is 0 Å². The quantitative estimate of drug-likeness (QED) is 0.763. The minimum atomic E-state index is -0.490. The first-order valence-electron chi connectivity index (χ1n) is 8.29. The van der Waals surface area contributed by atoms with E-state index in [1.54, 1.807) is 36.1 Å². The van der Waals surface area contributed by atoms with Crippen molar-refractivity contribution in [1.82, 2.24) is 9.80 Å². The Morgan fingerprint density at radius 1 is 1.24 bits per heavy atom. The summed E-state index contributed by atoms with van der Waals surface area (Å²) in [5, 5.41) is 0.476. The van der Waals surface area contributed by atoms with Gasteiger partial charge in [0.05, 0.1) is 24.8 Å². The molecule has 3 rings (SSSR count). The third-order valence-electron chi connectivity index (χ3n) is 4.47. The first-order chi connectivity index (χ1) is 12.0. The van der Waals surface area contributed by atoms with E-state index in [-0.39, 0.29) is 24.3 Å². The molecule has 2 saturated heterocycles. The second-order valence-corrected chi connectivity index (χ2v) is 6.43. The SMILES string of the molecule is CCOC(=O)N1CCN([C@@H]2CC(=O)N(c3cccc(Cl)c3)C2=O)CC1. The molecule has 1 atom stereocenters. The summed E-state index contributed by atoms with van der Waals surface area (Å²) in [7, 11) is 0. The largest absolute Gasteiger partial charge is 0.450 e. The van der Waals surface area contributed by atoms with Crippen LogP contribution in [-0.2, 0) is 14.3 Å². The molecular formula is C17H20ClN3O4. The Morgan fingerprint density at radius 3 is 2.60 bits per heavy atom. The molecule has 0 aliphatic carbocycles. The maximum absolute atomic E-state index is 12.8. The van der Waals surface area contributed by atoms with Gasteiger partial charge in [0.2, 0.25) is 5.91 Å². The van der Waals surface area contributed by atoms with Crippen molar-refractivity contribution in [3.63, 3.8) is 0 Å². The molecule has 0 radical (unpaired) electrons. The van der Waals surface area contributed by atoms with Crippen LogP contribution in [0.1, 0.15) is 13.3 Å². The Bertz CT molecular complexity index is 688. The summed E-state index contributed by atoms with van der Waals surface area (Å²) in [4.78, 5) is 41.7. The first-order valence-corrected chi connectivity index (χ1v) is 8.67. The number of hydrogen-bond acceptors (Lipinski definition) is 5. The van der Waals surface area contributed by atoms with Gasteiger partial charge in [0.15, 0.2) is 0 Å². The molecule has 0 saturated carbocycles. The van der Waals surface area contributed by atoms with Crippen LogP contribution in [0.3, 0.4) is 0 Å². The number of hydrogen-bond donors (Lipinski definition) is 0. The lowest BCUT2D eigenvalue weighted by molar-refractivity contribution is -0.123. The zero-order chi connectivity index (χ0) is 18.0. The molecule has 3 amide bonds. The van der Waals surface area contributed by atoms with E-state index >= 15 is 0 Å². The average Bonchev–Trinajstić information content (AvgIpc) is 2.90. The van der Waals surface area contributed by atoms with E-state index in [4.69, 9.17) is 16.3 Å². The Labute approximate surface area is 151 Å². The highest BCUT2D eigenvalue weighted by molar-refractivity contribution is 6.31. The maximum Gasteiger partial charge on any atom is 0.409 e. The van der Waals surface area contributed by atoms with Crippen LogP contribution in [0.25, 0.3) is 0 Å². The van der Waals surface area contributed by atoms with Gasteiger partial charge < -0.3 is 9.64 Å². The predicted molar refractivity (Wildman–Crippen MR) is 92.5 cm³/mol. The maximum atomic E-state index is 12.8. The summed E-state index contributed by atoms with van der Waals surface area (Å²) < 4.78 is 4.99. The van der Waals surface area contributed by atoms with Gasteiger partial charge in [-0.3, -0.25) is 14.5 Å². The Morgan fingerprint density at radius 2 is 1.96 bits per heavy atom. The molecule has 8 heteroatoms. The van der Waals surface area contributed by atoms with Crippen LogP contribution in [0, 0.1) is 0 Å². The van der Waals surface area contributed by atoms with Crippen molar-refractivity contribution in [3.8, 4) is 0 Å².